The van der Waals surface area contributed by atoms with E-state index < -0.39 is 0 Å². The van der Waals surface area contributed by atoms with Gasteiger partial charge in [0.2, 0.25) is 0 Å². The lowest BCUT2D eigenvalue weighted by atomic mass is 10.1. The molecule has 0 unspecified atom stereocenters. The van der Waals surface area contributed by atoms with Gasteiger partial charge < -0.3 is 10.1 Å². The molecule has 1 aliphatic rings. The molecular formula is C16H25NO. The largest absolute Gasteiger partial charge is 0.494 e. The average Bonchev–Trinajstić information content (AvgIpc) is 2.85. The van der Waals surface area contributed by atoms with E-state index in [-0.39, 0.29) is 0 Å². The van der Waals surface area contributed by atoms with Gasteiger partial charge in [-0.05, 0) is 24.5 Å². The van der Waals surface area contributed by atoms with Crippen LogP contribution in [0.1, 0.15) is 51.0 Å². The van der Waals surface area contributed by atoms with Gasteiger partial charge in [-0.3, -0.25) is 0 Å². The molecule has 0 aliphatic carbocycles. The molecule has 0 amide bonds. The van der Waals surface area contributed by atoms with Gasteiger partial charge in [0.15, 0.2) is 0 Å². The van der Waals surface area contributed by atoms with Crippen LogP contribution in [0, 0.1) is 0 Å². The molecule has 0 saturated heterocycles. The Bertz CT molecular complexity index is 362. The molecule has 0 bridgehead atoms. The average molecular weight is 247 g/mol. The molecule has 0 atom stereocenters. The van der Waals surface area contributed by atoms with Crippen LogP contribution in [-0.2, 0) is 6.42 Å². The standard InChI is InChI=1S/C16H25NO/c1-2-3-4-5-6-7-12-18-15-9-8-14-10-11-17-16(14)13-15/h8-9,13,17H,2-7,10-12H2,1H3. The van der Waals surface area contributed by atoms with Gasteiger partial charge in [0.25, 0.3) is 0 Å². The minimum Gasteiger partial charge on any atom is -0.494 e. The van der Waals surface area contributed by atoms with E-state index in [1.165, 1.54) is 49.8 Å². The number of benzene rings is 1. The lowest BCUT2D eigenvalue weighted by Gasteiger charge is -2.08. The molecule has 1 N–H and O–H groups in total. The second-order valence-corrected chi connectivity index (χ2v) is 5.11. The summed E-state index contributed by atoms with van der Waals surface area (Å²) in [5.41, 5.74) is 2.68. The third-order valence-corrected chi connectivity index (χ3v) is 3.56. The SMILES string of the molecule is CCCCCCCCOc1ccc2c(c1)NCC2. The summed E-state index contributed by atoms with van der Waals surface area (Å²) in [5, 5.41) is 3.39. The Morgan fingerprint density at radius 2 is 1.94 bits per heavy atom. The summed E-state index contributed by atoms with van der Waals surface area (Å²) >= 11 is 0. The van der Waals surface area contributed by atoms with Crippen LogP contribution in [0.25, 0.3) is 0 Å². The first-order valence-electron chi connectivity index (χ1n) is 7.40. The van der Waals surface area contributed by atoms with E-state index in [2.05, 4.69) is 30.4 Å². The highest BCUT2D eigenvalue weighted by Gasteiger charge is 2.09. The number of hydrogen-bond donors (Lipinski definition) is 1. The van der Waals surface area contributed by atoms with E-state index in [0.717, 1.165) is 25.3 Å². The summed E-state index contributed by atoms with van der Waals surface area (Å²) in [6.45, 7) is 4.17. The molecule has 1 aliphatic heterocycles. The van der Waals surface area contributed by atoms with Crippen LogP contribution in [-0.4, -0.2) is 13.2 Å². The number of fused-ring (bicyclic) bond motifs is 1. The third kappa shape index (κ3) is 3.94. The van der Waals surface area contributed by atoms with Gasteiger partial charge in [-0.2, -0.15) is 0 Å². The first-order chi connectivity index (χ1) is 8.90. The van der Waals surface area contributed by atoms with Crippen molar-refractivity contribution in [2.75, 3.05) is 18.5 Å². The first-order valence-corrected chi connectivity index (χ1v) is 7.40. The summed E-state index contributed by atoms with van der Waals surface area (Å²) in [7, 11) is 0. The molecule has 2 heteroatoms. The molecule has 0 spiro atoms. The van der Waals surface area contributed by atoms with Crippen molar-refractivity contribution < 1.29 is 4.74 Å². The Morgan fingerprint density at radius 1 is 1.11 bits per heavy atom. The molecule has 18 heavy (non-hydrogen) atoms. The molecule has 0 fully saturated rings. The van der Waals surface area contributed by atoms with Gasteiger partial charge in [0.1, 0.15) is 5.75 Å². The number of rotatable bonds is 8. The summed E-state index contributed by atoms with van der Waals surface area (Å²) < 4.78 is 5.80. The fourth-order valence-corrected chi connectivity index (χ4v) is 2.43. The monoisotopic (exact) mass is 247 g/mol. The minimum absolute atomic E-state index is 0.852. The first kappa shape index (κ1) is 13.3. The maximum absolute atomic E-state index is 5.80. The maximum Gasteiger partial charge on any atom is 0.121 e. The topological polar surface area (TPSA) is 21.3 Å². The van der Waals surface area contributed by atoms with E-state index >= 15 is 0 Å². The van der Waals surface area contributed by atoms with Crippen molar-refractivity contribution in [2.45, 2.75) is 51.9 Å². The second-order valence-electron chi connectivity index (χ2n) is 5.11. The van der Waals surface area contributed by atoms with Gasteiger partial charge in [0.05, 0.1) is 6.61 Å². The molecule has 100 valence electrons. The van der Waals surface area contributed by atoms with E-state index in [9.17, 15) is 0 Å². The summed E-state index contributed by atoms with van der Waals surface area (Å²) in [6.07, 6.45) is 9.03. The normalized spacial score (nSPS) is 13.2. The van der Waals surface area contributed by atoms with Gasteiger partial charge in [0, 0.05) is 18.3 Å². The Hall–Kier alpha value is -1.18. The number of ether oxygens (including phenoxy) is 1. The highest BCUT2D eigenvalue weighted by Crippen LogP contribution is 2.26. The van der Waals surface area contributed by atoms with Gasteiger partial charge in [-0.15, -0.1) is 0 Å². The van der Waals surface area contributed by atoms with E-state index in [4.69, 9.17) is 4.74 Å². The van der Waals surface area contributed by atoms with Gasteiger partial charge in [-0.25, -0.2) is 0 Å². The fourth-order valence-electron chi connectivity index (χ4n) is 2.43. The van der Waals surface area contributed by atoms with E-state index in [0.29, 0.717) is 0 Å². The zero-order chi connectivity index (χ0) is 12.6. The highest BCUT2D eigenvalue weighted by atomic mass is 16.5. The van der Waals surface area contributed by atoms with E-state index in [1.807, 2.05) is 0 Å². The quantitative estimate of drug-likeness (QED) is 0.688. The van der Waals surface area contributed by atoms with Crippen molar-refractivity contribution in [2.24, 2.45) is 0 Å². The summed E-state index contributed by atoms with van der Waals surface area (Å²) in [5.74, 6) is 1.01. The Morgan fingerprint density at radius 3 is 2.83 bits per heavy atom. The van der Waals surface area contributed by atoms with Crippen LogP contribution in [0.15, 0.2) is 18.2 Å². The molecule has 0 radical (unpaired) electrons. The van der Waals surface area contributed by atoms with Crippen molar-refractivity contribution in [1.82, 2.24) is 0 Å². The number of anilines is 1. The van der Waals surface area contributed by atoms with Crippen LogP contribution in [0.2, 0.25) is 0 Å². The maximum atomic E-state index is 5.80. The highest BCUT2D eigenvalue weighted by molar-refractivity contribution is 5.58. The van der Waals surface area contributed by atoms with Crippen molar-refractivity contribution >= 4 is 5.69 Å². The van der Waals surface area contributed by atoms with Gasteiger partial charge in [-0.1, -0.05) is 45.1 Å². The zero-order valence-corrected chi connectivity index (χ0v) is 11.5. The van der Waals surface area contributed by atoms with Crippen molar-refractivity contribution in [3.8, 4) is 5.75 Å². The minimum atomic E-state index is 0.852. The van der Waals surface area contributed by atoms with Crippen molar-refractivity contribution in [3.63, 3.8) is 0 Å². The molecule has 2 rings (SSSR count). The molecule has 1 heterocycles. The van der Waals surface area contributed by atoms with Crippen LogP contribution in [0.4, 0.5) is 5.69 Å². The number of nitrogens with one attached hydrogen (secondary N) is 1. The Labute approximate surface area is 111 Å². The molecule has 1 aromatic carbocycles. The number of hydrogen-bond acceptors (Lipinski definition) is 2. The zero-order valence-electron chi connectivity index (χ0n) is 11.5. The summed E-state index contributed by atoms with van der Waals surface area (Å²) in [6, 6.07) is 6.42. The number of unbranched alkanes of at least 4 members (excludes halogenated alkanes) is 5. The summed E-state index contributed by atoms with van der Waals surface area (Å²) in [4.78, 5) is 0. The van der Waals surface area contributed by atoms with Crippen LogP contribution < -0.4 is 10.1 Å². The van der Waals surface area contributed by atoms with Crippen LogP contribution >= 0.6 is 0 Å². The predicted octanol–water partition coefficient (Wildman–Crippen LogP) is 4.39. The predicted molar refractivity (Wildman–Crippen MR) is 77.5 cm³/mol. The Kier molecular flexibility index (Phi) is 5.37. The van der Waals surface area contributed by atoms with Crippen LogP contribution in [0.3, 0.4) is 0 Å². The Balaban J connectivity index is 1.62. The van der Waals surface area contributed by atoms with Crippen molar-refractivity contribution in [3.05, 3.63) is 23.8 Å². The van der Waals surface area contributed by atoms with Gasteiger partial charge >= 0.3 is 0 Å². The third-order valence-electron chi connectivity index (χ3n) is 3.56. The van der Waals surface area contributed by atoms with E-state index in [1.54, 1.807) is 0 Å². The lowest BCUT2D eigenvalue weighted by molar-refractivity contribution is 0.304. The molecule has 0 aromatic heterocycles. The molecule has 2 nitrogen and oxygen atoms in total. The lowest BCUT2D eigenvalue weighted by Crippen LogP contribution is -1.98. The molecular weight excluding hydrogens is 222 g/mol. The van der Waals surface area contributed by atoms with Crippen LogP contribution in [0.5, 0.6) is 5.75 Å². The fraction of sp³-hybridized carbons (Fsp3) is 0.625. The molecule has 1 aromatic rings. The molecule has 0 saturated carbocycles. The smallest absolute Gasteiger partial charge is 0.121 e. The second kappa shape index (κ2) is 7.30. The van der Waals surface area contributed by atoms with Crippen molar-refractivity contribution in [1.29, 1.82) is 0 Å².